The van der Waals surface area contributed by atoms with Gasteiger partial charge in [0.25, 0.3) is 11.8 Å². The standard InChI is InChI=1S/C33H35N3O7/c1-4-24(42-3)10-8-21(2)43-25-7-5-6-22(18-25)20-35-16-14-33(41,15-17-35)23-9-11-26-27(19-23)32(40)36(31(26)39)28-12-13-29(37)34-30(28)38/h4-11,18-19,28,41H,1,12-17,20H2,2-3H3,(H,34,37,38)/b21-8+,24-10+. The Morgan fingerprint density at radius 1 is 1.07 bits per heavy atom. The fourth-order valence-electron chi connectivity index (χ4n) is 5.73. The number of carbonyl (C=O) groups is 4. The van der Waals surface area contributed by atoms with Crippen LogP contribution in [0.2, 0.25) is 0 Å². The van der Waals surface area contributed by atoms with Crippen LogP contribution < -0.4 is 10.1 Å². The van der Waals surface area contributed by atoms with Gasteiger partial charge in [0.15, 0.2) is 0 Å². The molecule has 43 heavy (non-hydrogen) atoms. The van der Waals surface area contributed by atoms with E-state index in [4.69, 9.17) is 9.47 Å². The van der Waals surface area contributed by atoms with E-state index < -0.39 is 35.3 Å². The maximum absolute atomic E-state index is 13.2. The molecule has 2 N–H and O–H groups in total. The van der Waals surface area contributed by atoms with Crippen LogP contribution in [0.3, 0.4) is 0 Å². The van der Waals surface area contributed by atoms with E-state index in [2.05, 4.69) is 16.8 Å². The van der Waals surface area contributed by atoms with Crippen molar-refractivity contribution in [1.82, 2.24) is 15.1 Å². The summed E-state index contributed by atoms with van der Waals surface area (Å²) in [6.07, 6.45) is 6.25. The molecule has 10 nitrogen and oxygen atoms in total. The highest BCUT2D eigenvalue weighted by Crippen LogP contribution is 2.37. The van der Waals surface area contributed by atoms with Gasteiger partial charge in [-0.1, -0.05) is 24.8 Å². The lowest BCUT2D eigenvalue weighted by molar-refractivity contribution is -0.136. The van der Waals surface area contributed by atoms with Gasteiger partial charge < -0.3 is 14.6 Å². The molecule has 224 valence electrons. The van der Waals surface area contributed by atoms with Gasteiger partial charge in [-0.15, -0.1) is 0 Å². The molecule has 0 spiro atoms. The van der Waals surface area contributed by atoms with Crippen molar-refractivity contribution in [3.8, 4) is 5.75 Å². The Kier molecular flexibility index (Phi) is 8.61. The van der Waals surface area contributed by atoms with Crippen molar-refractivity contribution in [2.45, 2.75) is 50.8 Å². The number of imide groups is 2. The number of methoxy groups -OCH3 is 1. The molecular weight excluding hydrogens is 550 g/mol. The minimum absolute atomic E-state index is 0.0582. The maximum atomic E-state index is 13.2. The summed E-state index contributed by atoms with van der Waals surface area (Å²) in [5.74, 6) is -0.164. The molecule has 1 unspecified atom stereocenters. The average molecular weight is 586 g/mol. The van der Waals surface area contributed by atoms with Crippen molar-refractivity contribution in [2.75, 3.05) is 20.2 Å². The number of benzene rings is 2. The minimum atomic E-state index is -1.16. The van der Waals surface area contributed by atoms with Crippen molar-refractivity contribution in [3.63, 3.8) is 0 Å². The van der Waals surface area contributed by atoms with Gasteiger partial charge in [-0.3, -0.25) is 34.3 Å². The van der Waals surface area contributed by atoms with E-state index >= 15 is 0 Å². The summed E-state index contributed by atoms with van der Waals surface area (Å²) in [5, 5.41) is 13.8. The van der Waals surface area contributed by atoms with E-state index in [-0.39, 0.29) is 24.0 Å². The fraction of sp³-hybridized carbons (Fsp3) is 0.333. The number of fused-ring (bicyclic) bond motifs is 1. The molecule has 4 amide bonds. The summed E-state index contributed by atoms with van der Waals surface area (Å²) in [6, 6.07) is 11.6. The fourth-order valence-corrected chi connectivity index (χ4v) is 5.73. The molecule has 1 atom stereocenters. The third-order valence-corrected chi connectivity index (χ3v) is 8.16. The van der Waals surface area contributed by atoms with Crippen molar-refractivity contribution < 1.29 is 33.8 Å². The third-order valence-electron chi connectivity index (χ3n) is 8.16. The lowest BCUT2D eigenvalue weighted by Crippen LogP contribution is -2.54. The van der Waals surface area contributed by atoms with Crippen molar-refractivity contribution in [2.24, 2.45) is 0 Å². The second kappa shape index (κ2) is 12.4. The molecule has 2 fully saturated rings. The van der Waals surface area contributed by atoms with Crippen LogP contribution in [-0.4, -0.2) is 64.8 Å². The molecule has 0 saturated carbocycles. The van der Waals surface area contributed by atoms with E-state index in [1.807, 2.05) is 37.3 Å². The summed E-state index contributed by atoms with van der Waals surface area (Å²) in [5.41, 5.74) is 0.844. The number of ether oxygens (including phenoxy) is 2. The SMILES string of the molecule is C=C/C(=C\C=C(/C)Oc1cccc(CN2CCC(O)(c3ccc4c(c3)C(=O)N(C3CCC(=O)NC3=O)C4=O)CC2)c1)OC. The highest BCUT2D eigenvalue weighted by molar-refractivity contribution is 6.23. The summed E-state index contributed by atoms with van der Waals surface area (Å²) >= 11 is 0. The van der Waals surface area contributed by atoms with E-state index in [0.29, 0.717) is 49.6 Å². The largest absolute Gasteiger partial charge is 0.497 e. The van der Waals surface area contributed by atoms with Gasteiger partial charge in [-0.2, -0.15) is 0 Å². The van der Waals surface area contributed by atoms with Gasteiger partial charge in [0, 0.05) is 26.1 Å². The Hall–Kier alpha value is -4.54. The topological polar surface area (TPSA) is 125 Å². The number of hydrogen-bond acceptors (Lipinski definition) is 8. The molecule has 0 bridgehead atoms. The van der Waals surface area contributed by atoms with Gasteiger partial charge in [-0.25, -0.2) is 0 Å². The first-order chi connectivity index (χ1) is 20.6. The zero-order valence-corrected chi connectivity index (χ0v) is 24.3. The molecule has 2 aromatic carbocycles. The Bertz CT molecular complexity index is 1530. The van der Waals surface area contributed by atoms with Crippen LogP contribution in [0.15, 0.2) is 78.8 Å². The first kappa shape index (κ1) is 29.9. The Morgan fingerprint density at radius 3 is 2.51 bits per heavy atom. The quantitative estimate of drug-likeness (QED) is 0.260. The summed E-state index contributed by atoms with van der Waals surface area (Å²) in [6.45, 7) is 7.49. The number of amides is 4. The Labute approximate surface area is 250 Å². The number of likely N-dealkylation sites (tertiary alicyclic amines) is 1. The van der Waals surface area contributed by atoms with Crippen LogP contribution in [0, 0.1) is 0 Å². The molecule has 2 aromatic rings. The highest BCUT2D eigenvalue weighted by Gasteiger charge is 2.45. The van der Waals surface area contributed by atoms with Crippen LogP contribution in [0.4, 0.5) is 0 Å². The predicted octanol–water partition coefficient (Wildman–Crippen LogP) is 3.57. The maximum Gasteiger partial charge on any atom is 0.262 e. The second-order valence-electron chi connectivity index (χ2n) is 11.0. The van der Waals surface area contributed by atoms with Gasteiger partial charge in [0.2, 0.25) is 11.8 Å². The summed E-state index contributed by atoms with van der Waals surface area (Å²) in [4.78, 5) is 53.4. The molecule has 3 aliphatic rings. The average Bonchev–Trinajstić information content (AvgIpc) is 3.24. The number of carbonyl (C=O) groups excluding carboxylic acids is 4. The number of rotatable bonds is 9. The highest BCUT2D eigenvalue weighted by atomic mass is 16.5. The van der Waals surface area contributed by atoms with E-state index in [9.17, 15) is 24.3 Å². The van der Waals surface area contributed by atoms with E-state index in [0.717, 1.165) is 16.2 Å². The third kappa shape index (κ3) is 6.30. The van der Waals surface area contributed by atoms with Crippen molar-refractivity contribution >= 4 is 23.6 Å². The van der Waals surface area contributed by atoms with Crippen molar-refractivity contribution in [3.05, 3.63) is 101 Å². The van der Waals surface area contributed by atoms with Gasteiger partial charge in [-0.05, 0) is 79.8 Å². The van der Waals surface area contributed by atoms with Crippen molar-refractivity contribution in [1.29, 1.82) is 0 Å². The number of nitrogens with one attached hydrogen (secondary N) is 1. The number of aliphatic hydroxyl groups is 1. The molecule has 2 saturated heterocycles. The summed E-state index contributed by atoms with van der Waals surface area (Å²) in [7, 11) is 1.58. The number of piperidine rings is 2. The summed E-state index contributed by atoms with van der Waals surface area (Å²) < 4.78 is 11.1. The molecular formula is C33H35N3O7. The molecule has 0 radical (unpaired) electrons. The Morgan fingerprint density at radius 2 is 1.81 bits per heavy atom. The first-order valence-corrected chi connectivity index (χ1v) is 14.2. The molecule has 3 heterocycles. The van der Waals surface area contributed by atoms with Crippen LogP contribution in [0.25, 0.3) is 0 Å². The lowest BCUT2D eigenvalue weighted by atomic mass is 9.83. The number of nitrogens with zero attached hydrogens (tertiary/aromatic N) is 2. The minimum Gasteiger partial charge on any atom is -0.497 e. The van der Waals surface area contributed by atoms with Gasteiger partial charge in [0.1, 0.15) is 23.3 Å². The second-order valence-corrected chi connectivity index (χ2v) is 11.0. The van der Waals surface area contributed by atoms with E-state index in [1.165, 1.54) is 0 Å². The Balaban J connectivity index is 1.22. The van der Waals surface area contributed by atoms with Gasteiger partial charge >= 0.3 is 0 Å². The molecule has 0 aliphatic carbocycles. The smallest absolute Gasteiger partial charge is 0.262 e. The van der Waals surface area contributed by atoms with Gasteiger partial charge in [0.05, 0.1) is 23.8 Å². The zero-order valence-electron chi connectivity index (χ0n) is 24.3. The van der Waals surface area contributed by atoms with Crippen LogP contribution in [0.1, 0.15) is 64.4 Å². The first-order valence-electron chi connectivity index (χ1n) is 14.2. The van der Waals surface area contributed by atoms with Crippen LogP contribution in [0.5, 0.6) is 5.75 Å². The molecule has 5 rings (SSSR count). The molecule has 0 aromatic heterocycles. The number of allylic oxidation sites excluding steroid dienone is 4. The van der Waals surface area contributed by atoms with Crippen LogP contribution in [-0.2, 0) is 26.5 Å². The monoisotopic (exact) mass is 585 g/mol. The molecule has 3 aliphatic heterocycles. The van der Waals surface area contributed by atoms with E-state index in [1.54, 1.807) is 37.5 Å². The predicted molar refractivity (Wildman–Crippen MR) is 158 cm³/mol. The normalized spacial score (nSPS) is 21.0. The number of hydrogen-bond donors (Lipinski definition) is 2. The zero-order chi connectivity index (χ0) is 30.7. The lowest BCUT2D eigenvalue weighted by Gasteiger charge is -2.38. The molecule has 10 heteroatoms. The van der Waals surface area contributed by atoms with Crippen LogP contribution >= 0.6 is 0 Å².